The molecule has 2 aromatic carbocycles. The molecule has 1 aliphatic heterocycles. The van der Waals surface area contributed by atoms with Crippen LogP contribution in [0.5, 0.6) is 5.75 Å². The number of hydrogen-bond donors (Lipinski definition) is 1. The second-order valence-corrected chi connectivity index (χ2v) is 5.23. The second kappa shape index (κ2) is 5.74. The zero-order chi connectivity index (χ0) is 14.8. The number of carbonyl (C=O) groups is 1. The Morgan fingerprint density at radius 3 is 2.90 bits per heavy atom. The van der Waals surface area contributed by atoms with Gasteiger partial charge < -0.3 is 10.1 Å². The van der Waals surface area contributed by atoms with E-state index < -0.39 is 5.82 Å². The van der Waals surface area contributed by atoms with Gasteiger partial charge in [-0.15, -0.1) is 0 Å². The van der Waals surface area contributed by atoms with Crippen LogP contribution in [0, 0.1) is 5.82 Å². The summed E-state index contributed by atoms with van der Waals surface area (Å²) in [4.78, 5) is 12.3. The molecule has 0 radical (unpaired) electrons. The number of halogens is 2. The second-order valence-electron chi connectivity index (χ2n) is 4.83. The van der Waals surface area contributed by atoms with Gasteiger partial charge >= 0.3 is 0 Å². The number of carbonyl (C=O) groups excluding carboxylic acids is 1. The Morgan fingerprint density at radius 1 is 1.29 bits per heavy atom. The summed E-state index contributed by atoms with van der Waals surface area (Å²) in [7, 11) is 0. The van der Waals surface area contributed by atoms with Crippen molar-refractivity contribution in [3.8, 4) is 5.75 Å². The standard InChI is InChI=1S/C16H13ClFNO2/c17-13-9-10(18)5-6-11(13)16(20)19-14-7-8-21-15-4-2-1-3-12(14)15/h1-6,9,14H,7-8H2,(H,19,20). The molecule has 1 unspecified atom stereocenters. The molecular formula is C16H13ClFNO2. The molecule has 0 saturated heterocycles. The fourth-order valence-electron chi connectivity index (χ4n) is 2.40. The third-order valence-corrected chi connectivity index (χ3v) is 3.75. The molecule has 3 rings (SSSR count). The molecule has 1 amide bonds. The minimum atomic E-state index is -0.465. The van der Waals surface area contributed by atoms with E-state index in [1.165, 1.54) is 12.1 Å². The normalized spacial score (nSPS) is 16.8. The largest absolute Gasteiger partial charge is 0.493 e. The molecule has 0 fully saturated rings. The topological polar surface area (TPSA) is 38.3 Å². The summed E-state index contributed by atoms with van der Waals surface area (Å²) in [5.41, 5.74) is 1.21. The van der Waals surface area contributed by atoms with Gasteiger partial charge in [-0.2, -0.15) is 0 Å². The van der Waals surface area contributed by atoms with Crippen molar-refractivity contribution in [2.75, 3.05) is 6.61 Å². The van der Waals surface area contributed by atoms with Crippen LogP contribution in [0.4, 0.5) is 4.39 Å². The molecule has 1 N–H and O–H groups in total. The molecule has 1 atom stereocenters. The average Bonchev–Trinajstić information content (AvgIpc) is 2.47. The van der Waals surface area contributed by atoms with Gasteiger partial charge in [0.1, 0.15) is 11.6 Å². The van der Waals surface area contributed by atoms with Crippen molar-refractivity contribution >= 4 is 17.5 Å². The molecule has 21 heavy (non-hydrogen) atoms. The third-order valence-electron chi connectivity index (χ3n) is 3.44. The number of hydrogen-bond acceptors (Lipinski definition) is 2. The number of ether oxygens (including phenoxy) is 1. The minimum absolute atomic E-state index is 0.104. The zero-order valence-corrected chi connectivity index (χ0v) is 11.9. The summed E-state index contributed by atoms with van der Waals surface area (Å²) < 4.78 is 18.6. The van der Waals surface area contributed by atoms with Crippen molar-refractivity contribution in [2.24, 2.45) is 0 Å². The van der Waals surface area contributed by atoms with E-state index in [0.717, 1.165) is 17.4 Å². The van der Waals surface area contributed by atoms with Gasteiger partial charge in [0.05, 0.1) is 23.2 Å². The minimum Gasteiger partial charge on any atom is -0.493 e. The average molecular weight is 306 g/mol. The number of fused-ring (bicyclic) bond motifs is 1. The smallest absolute Gasteiger partial charge is 0.253 e. The van der Waals surface area contributed by atoms with E-state index in [1.54, 1.807) is 0 Å². The van der Waals surface area contributed by atoms with Crippen LogP contribution in [0.15, 0.2) is 42.5 Å². The van der Waals surface area contributed by atoms with E-state index in [1.807, 2.05) is 24.3 Å². The quantitative estimate of drug-likeness (QED) is 0.918. The predicted octanol–water partition coefficient (Wildman–Crippen LogP) is 3.73. The summed E-state index contributed by atoms with van der Waals surface area (Å²) in [6, 6.07) is 11.2. The van der Waals surface area contributed by atoms with Crippen LogP contribution < -0.4 is 10.1 Å². The fraction of sp³-hybridized carbons (Fsp3) is 0.188. The molecule has 2 aromatic rings. The van der Waals surface area contributed by atoms with Gasteiger partial charge in [0.15, 0.2) is 0 Å². The highest BCUT2D eigenvalue weighted by molar-refractivity contribution is 6.33. The molecule has 5 heteroatoms. The van der Waals surface area contributed by atoms with E-state index in [0.29, 0.717) is 13.0 Å². The number of rotatable bonds is 2. The highest BCUT2D eigenvalue weighted by Gasteiger charge is 2.23. The zero-order valence-electron chi connectivity index (χ0n) is 11.1. The van der Waals surface area contributed by atoms with Crippen molar-refractivity contribution in [3.05, 3.63) is 64.4 Å². The summed E-state index contributed by atoms with van der Waals surface area (Å²) in [6.45, 7) is 0.541. The van der Waals surface area contributed by atoms with Gasteiger partial charge in [-0.25, -0.2) is 4.39 Å². The van der Waals surface area contributed by atoms with Gasteiger partial charge in [-0.1, -0.05) is 29.8 Å². The van der Waals surface area contributed by atoms with Crippen LogP contribution in [-0.4, -0.2) is 12.5 Å². The maximum atomic E-state index is 13.0. The van der Waals surface area contributed by atoms with Crippen molar-refractivity contribution in [3.63, 3.8) is 0 Å². The summed E-state index contributed by atoms with van der Waals surface area (Å²) in [5.74, 6) is -0.00563. The van der Waals surface area contributed by atoms with Gasteiger partial charge in [0, 0.05) is 12.0 Å². The van der Waals surface area contributed by atoms with Crippen LogP contribution in [0.25, 0.3) is 0 Å². The van der Waals surface area contributed by atoms with Gasteiger partial charge in [-0.05, 0) is 24.3 Å². The first-order valence-corrected chi connectivity index (χ1v) is 7.00. The molecule has 1 heterocycles. The molecule has 0 aromatic heterocycles. The molecule has 0 bridgehead atoms. The molecular weight excluding hydrogens is 293 g/mol. The molecule has 1 aliphatic rings. The van der Waals surface area contributed by atoms with Crippen LogP contribution >= 0.6 is 11.6 Å². The van der Waals surface area contributed by atoms with E-state index in [9.17, 15) is 9.18 Å². The Bertz CT molecular complexity index is 690. The van der Waals surface area contributed by atoms with Crippen LogP contribution in [0.2, 0.25) is 5.02 Å². The van der Waals surface area contributed by atoms with E-state index in [2.05, 4.69) is 5.32 Å². The fourth-order valence-corrected chi connectivity index (χ4v) is 2.65. The molecule has 0 aliphatic carbocycles. The van der Waals surface area contributed by atoms with Gasteiger partial charge in [0.2, 0.25) is 0 Å². The van der Waals surface area contributed by atoms with Gasteiger partial charge in [0.25, 0.3) is 5.91 Å². The first-order valence-electron chi connectivity index (χ1n) is 6.63. The Labute approximate surface area is 126 Å². The Hall–Kier alpha value is -2.07. The number of para-hydroxylation sites is 1. The summed E-state index contributed by atoms with van der Waals surface area (Å²) >= 11 is 5.92. The Kier molecular flexibility index (Phi) is 3.80. The summed E-state index contributed by atoms with van der Waals surface area (Å²) in [5, 5.41) is 3.03. The lowest BCUT2D eigenvalue weighted by atomic mass is 10.00. The maximum Gasteiger partial charge on any atom is 0.253 e. The maximum absolute atomic E-state index is 13.0. The van der Waals surface area contributed by atoms with Crippen molar-refractivity contribution < 1.29 is 13.9 Å². The van der Waals surface area contributed by atoms with Crippen LogP contribution in [-0.2, 0) is 0 Å². The highest BCUT2D eigenvalue weighted by Crippen LogP contribution is 2.32. The van der Waals surface area contributed by atoms with Crippen LogP contribution in [0.1, 0.15) is 28.4 Å². The van der Waals surface area contributed by atoms with E-state index >= 15 is 0 Å². The first kappa shape index (κ1) is 13.9. The van der Waals surface area contributed by atoms with E-state index in [-0.39, 0.29) is 22.5 Å². The Morgan fingerprint density at radius 2 is 2.10 bits per heavy atom. The lowest BCUT2D eigenvalue weighted by Gasteiger charge is -2.26. The first-order chi connectivity index (χ1) is 10.1. The molecule has 0 spiro atoms. The lowest BCUT2D eigenvalue weighted by molar-refractivity contribution is 0.0925. The van der Waals surface area contributed by atoms with Crippen molar-refractivity contribution in [2.45, 2.75) is 12.5 Å². The predicted molar refractivity (Wildman–Crippen MR) is 78.2 cm³/mol. The Balaban J connectivity index is 1.83. The van der Waals surface area contributed by atoms with Crippen molar-refractivity contribution in [1.29, 1.82) is 0 Å². The number of amides is 1. The molecule has 0 saturated carbocycles. The molecule has 3 nitrogen and oxygen atoms in total. The van der Waals surface area contributed by atoms with Gasteiger partial charge in [-0.3, -0.25) is 4.79 Å². The summed E-state index contributed by atoms with van der Waals surface area (Å²) in [6.07, 6.45) is 0.682. The number of nitrogens with one attached hydrogen (secondary N) is 1. The number of benzene rings is 2. The van der Waals surface area contributed by atoms with Crippen LogP contribution in [0.3, 0.4) is 0 Å². The molecule has 108 valence electrons. The highest BCUT2D eigenvalue weighted by atomic mass is 35.5. The van der Waals surface area contributed by atoms with E-state index in [4.69, 9.17) is 16.3 Å². The SMILES string of the molecule is O=C(NC1CCOc2ccccc21)c1ccc(F)cc1Cl. The monoisotopic (exact) mass is 305 g/mol. The van der Waals surface area contributed by atoms with Crippen molar-refractivity contribution in [1.82, 2.24) is 5.32 Å². The third kappa shape index (κ3) is 2.85. The lowest BCUT2D eigenvalue weighted by Crippen LogP contribution is -2.32.